The molecule has 0 atom stereocenters. The molecule has 8 heteroatoms. The number of nitro groups is 1. The number of amides is 1. The smallest absolute Gasteiger partial charge is 0.280 e. The standard InChI is InChI=1S/C22H17N3O5/c1-2-29-17-9-7-16(8-10-17)24-22(26)15(14-23)13-18-11-12-21(30-18)19-5-3-4-6-20(19)25(27)28/h3-13H,2H2,1H3,(H,24,26). The number of ether oxygens (including phenoxy) is 1. The van der Waals surface area contributed by atoms with Crippen LogP contribution < -0.4 is 10.1 Å². The van der Waals surface area contributed by atoms with Crippen molar-refractivity contribution in [2.75, 3.05) is 11.9 Å². The number of furan rings is 1. The third-order valence-corrected chi connectivity index (χ3v) is 4.07. The molecule has 0 saturated heterocycles. The number of nitriles is 1. The highest BCUT2D eigenvalue weighted by atomic mass is 16.6. The van der Waals surface area contributed by atoms with E-state index in [-0.39, 0.29) is 22.8 Å². The van der Waals surface area contributed by atoms with Crippen LogP contribution in [0.3, 0.4) is 0 Å². The van der Waals surface area contributed by atoms with Crippen molar-refractivity contribution in [3.05, 3.63) is 82.1 Å². The summed E-state index contributed by atoms with van der Waals surface area (Å²) in [7, 11) is 0. The van der Waals surface area contributed by atoms with E-state index in [1.807, 2.05) is 13.0 Å². The molecule has 0 bridgehead atoms. The molecule has 0 fully saturated rings. The highest BCUT2D eigenvalue weighted by molar-refractivity contribution is 6.09. The Balaban J connectivity index is 1.79. The van der Waals surface area contributed by atoms with Crippen molar-refractivity contribution < 1.29 is 18.9 Å². The van der Waals surface area contributed by atoms with E-state index in [9.17, 15) is 20.2 Å². The van der Waals surface area contributed by atoms with Gasteiger partial charge in [0.05, 0.1) is 17.1 Å². The third kappa shape index (κ3) is 4.72. The molecule has 0 aliphatic heterocycles. The number of hydrogen-bond acceptors (Lipinski definition) is 6. The van der Waals surface area contributed by atoms with Crippen molar-refractivity contribution in [1.82, 2.24) is 0 Å². The zero-order valence-corrected chi connectivity index (χ0v) is 16.0. The summed E-state index contributed by atoms with van der Waals surface area (Å²) >= 11 is 0. The van der Waals surface area contributed by atoms with Gasteiger partial charge in [0, 0.05) is 17.8 Å². The number of para-hydroxylation sites is 1. The normalized spacial score (nSPS) is 10.9. The molecular weight excluding hydrogens is 386 g/mol. The molecular formula is C22H17N3O5. The molecule has 30 heavy (non-hydrogen) atoms. The van der Waals surface area contributed by atoms with E-state index in [0.29, 0.717) is 23.6 Å². The Labute approximate surface area is 172 Å². The summed E-state index contributed by atoms with van der Waals surface area (Å²) in [4.78, 5) is 23.1. The number of nitro benzene ring substituents is 1. The number of hydrogen-bond donors (Lipinski definition) is 1. The predicted octanol–water partition coefficient (Wildman–Crippen LogP) is 4.80. The second-order valence-electron chi connectivity index (χ2n) is 6.06. The molecule has 2 aromatic carbocycles. The van der Waals surface area contributed by atoms with Crippen LogP contribution in [-0.4, -0.2) is 17.4 Å². The Morgan fingerprint density at radius 1 is 1.20 bits per heavy atom. The largest absolute Gasteiger partial charge is 0.494 e. The Hall–Kier alpha value is -4.38. The zero-order valence-electron chi connectivity index (χ0n) is 16.0. The summed E-state index contributed by atoms with van der Waals surface area (Å²) in [6, 6.07) is 17.8. The van der Waals surface area contributed by atoms with Crippen LogP contribution >= 0.6 is 0 Å². The number of anilines is 1. The first kappa shape index (κ1) is 20.4. The predicted molar refractivity (Wildman–Crippen MR) is 111 cm³/mol. The number of nitrogens with one attached hydrogen (secondary N) is 1. The van der Waals surface area contributed by atoms with Crippen LogP contribution in [-0.2, 0) is 4.79 Å². The molecule has 0 spiro atoms. The van der Waals surface area contributed by atoms with Gasteiger partial charge in [-0.05, 0) is 49.4 Å². The van der Waals surface area contributed by atoms with E-state index in [1.165, 1.54) is 18.2 Å². The molecule has 0 radical (unpaired) electrons. The molecule has 0 aliphatic rings. The summed E-state index contributed by atoms with van der Waals surface area (Å²) in [5.41, 5.74) is 0.535. The van der Waals surface area contributed by atoms with Crippen LogP contribution in [0.15, 0.2) is 70.7 Å². The molecule has 150 valence electrons. The number of carbonyl (C=O) groups excluding carboxylic acids is 1. The minimum atomic E-state index is -0.606. The summed E-state index contributed by atoms with van der Waals surface area (Å²) in [6.45, 7) is 2.40. The molecule has 1 aromatic heterocycles. The van der Waals surface area contributed by atoms with Crippen molar-refractivity contribution in [2.45, 2.75) is 6.92 Å². The van der Waals surface area contributed by atoms with Crippen LogP contribution in [0.25, 0.3) is 17.4 Å². The molecule has 0 saturated carbocycles. The number of nitrogens with zero attached hydrogens (tertiary/aromatic N) is 2. The van der Waals surface area contributed by atoms with E-state index >= 15 is 0 Å². The first-order valence-electron chi connectivity index (χ1n) is 9.01. The topological polar surface area (TPSA) is 118 Å². The molecule has 1 amide bonds. The maximum atomic E-state index is 12.4. The van der Waals surface area contributed by atoms with Gasteiger partial charge in [-0.25, -0.2) is 0 Å². The van der Waals surface area contributed by atoms with Crippen molar-refractivity contribution in [2.24, 2.45) is 0 Å². The molecule has 1 heterocycles. The van der Waals surface area contributed by atoms with Gasteiger partial charge in [-0.1, -0.05) is 12.1 Å². The second kappa shape index (κ2) is 9.21. The zero-order chi connectivity index (χ0) is 21.5. The van der Waals surface area contributed by atoms with Gasteiger partial charge < -0.3 is 14.5 Å². The monoisotopic (exact) mass is 403 g/mol. The highest BCUT2D eigenvalue weighted by Crippen LogP contribution is 2.31. The van der Waals surface area contributed by atoms with E-state index in [1.54, 1.807) is 48.5 Å². The summed E-state index contributed by atoms with van der Waals surface area (Å²) in [6.07, 6.45) is 1.28. The molecule has 0 unspecified atom stereocenters. The van der Waals surface area contributed by atoms with Crippen molar-refractivity contribution in [3.63, 3.8) is 0 Å². The average Bonchev–Trinajstić information content (AvgIpc) is 3.22. The summed E-state index contributed by atoms with van der Waals surface area (Å²) in [5, 5.41) is 23.2. The lowest BCUT2D eigenvalue weighted by Gasteiger charge is -2.06. The van der Waals surface area contributed by atoms with Crippen molar-refractivity contribution >= 4 is 23.4 Å². The third-order valence-electron chi connectivity index (χ3n) is 4.07. The van der Waals surface area contributed by atoms with Crippen LogP contribution in [0.1, 0.15) is 12.7 Å². The maximum Gasteiger partial charge on any atom is 0.280 e. The summed E-state index contributed by atoms with van der Waals surface area (Å²) < 4.78 is 11.0. The van der Waals surface area contributed by atoms with Gasteiger partial charge in [-0.15, -0.1) is 0 Å². The van der Waals surface area contributed by atoms with Gasteiger partial charge in [0.2, 0.25) is 0 Å². The first-order chi connectivity index (χ1) is 14.5. The molecule has 8 nitrogen and oxygen atoms in total. The Kier molecular flexibility index (Phi) is 6.25. The van der Waals surface area contributed by atoms with Gasteiger partial charge in [0.1, 0.15) is 28.9 Å². The van der Waals surface area contributed by atoms with Gasteiger partial charge in [0.25, 0.3) is 11.6 Å². The van der Waals surface area contributed by atoms with Gasteiger partial charge in [-0.2, -0.15) is 5.26 Å². The number of benzene rings is 2. The SMILES string of the molecule is CCOc1ccc(NC(=O)C(C#N)=Cc2ccc(-c3ccccc3[N+](=O)[O-])o2)cc1. The van der Waals surface area contributed by atoms with E-state index < -0.39 is 10.8 Å². The van der Waals surface area contributed by atoms with Gasteiger partial charge >= 0.3 is 0 Å². The highest BCUT2D eigenvalue weighted by Gasteiger charge is 2.17. The summed E-state index contributed by atoms with van der Waals surface area (Å²) in [5.74, 6) is 0.550. The van der Waals surface area contributed by atoms with Crippen LogP contribution in [0, 0.1) is 21.4 Å². The molecule has 0 aliphatic carbocycles. The first-order valence-corrected chi connectivity index (χ1v) is 9.01. The molecule has 3 rings (SSSR count). The quantitative estimate of drug-likeness (QED) is 0.262. The average molecular weight is 403 g/mol. The van der Waals surface area contributed by atoms with Crippen LogP contribution in [0.5, 0.6) is 5.75 Å². The Bertz CT molecular complexity index is 1140. The van der Waals surface area contributed by atoms with E-state index in [2.05, 4.69) is 5.32 Å². The van der Waals surface area contributed by atoms with Crippen LogP contribution in [0.4, 0.5) is 11.4 Å². The molecule has 3 aromatic rings. The maximum absolute atomic E-state index is 12.4. The fraction of sp³-hybridized carbons (Fsp3) is 0.0909. The van der Waals surface area contributed by atoms with E-state index in [0.717, 1.165) is 0 Å². The number of rotatable bonds is 7. The second-order valence-corrected chi connectivity index (χ2v) is 6.06. The Morgan fingerprint density at radius 2 is 1.93 bits per heavy atom. The lowest BCUT2D eigenvalue weighted by Crippen LogP contribution is -2.13. The lowest BCUT2D eigenvalue weighted by molar-refractivity contribution is -0.384. The minimum Gasteiger partial charge on any atom is -0.494 e. The lowest BCUT2D eigenvalue weighted by atomic mass is 10.1. The minimum absolute atomic E-state index is 0.101. The van der Waals surface area contributed by atoms with Crippen molar-refractivity contribution in [3.8, 4) is 23.1 Å². The number of carbonyl (C=O) groups is 1. The molecule has 1 N–H and O–H groups in total. The van der Waals surface area contributed by atoms with Gasteiger partial charge in [-0.3, -0.25) is 14.9 Å². The Morgan fingerprint density at radius 3 is 2.60 bits per heavy atom. The fourth-order valence-electron chi connectivity index (χ4n) is 2.71. The van der Waals surface area contributed by atoms with Gasteiger partial charge in [0.15, 0.2) is 0 Å². The fourth-order valence-corrected chi connectivity index (χ4v) is 2.71. The van der Waals surface area contributed by atoms with E-state index in [4.69, 9.17) is 9.15 Å². The van der Waals surface area contributed by atoms with Crippen molar-refractivity contribution in [1.29, 1.82) is 5.26 Å². The van der Waals surface area contributed by atoms with Crippen LogP contribution in [0.2, 0.25) is 0 Å².